The van der Waals surface area contributed by atoms with Gasteiger partial charge >= 0.3 is 0 Å². The number of carbonyl (C=O) groups is 2. The Balaban J connectivity index is 2.26. The van der Waals surface area contributed by atoms with Crippen molar-refractivity contribution < 1.29 is 14.3 Å². The molecule has 1 heterocycles. The predicted octanol–water partition coefficient (Wildman–Crippen LogP) is 2.41. The molecule has 0 aliphatic carbocycles. The number of anilines is 1. The van der Waals surface area contributed by atoms with Crippen LogP contribution in [0.25, 0.3) is 0 Å². The third kappa shape index (κ3) is 3.40. The Morgan fingerprint density at radius 2 is 2.14 bits per heavy atom. The minimum Gasteiger partial charge on any atom is -0.478 e. The largest absolute Gasteiger partial charge is 0.478 e. The van der Waals surface area contributed by atoms with Gasteiger partial charge < -0.3 is 10.1 Å². The molecule has 1 aliphatic rings. The molecule has 22 heavy (non-hydrogen) atoms. The molecule has 0 spiro atoms. The van der Waals surface area contributed by atoms with Crippen molar-refractivity contribution in [2.75, 3.05) is 11.4 Å². The molecule has 2 atom stereocenters. The van der Waals surface area contributed by atoms with Gasteiger partial charge in [-0.1, -0.05) is 19.9 Å². The lowest BCUT2D eigenvalue weighted by Gasteiger charge is -2.34. The SMILES string of the molecule is CC[C@@H](C)NC(=O)CN1C(=O)[C@H](CC)Oc2ccc(C)cc21. The fourth-order valence-electron chi connectivity index (χ4n) is 2.42. The molecule has 2 rings (SSSR count). The van der Waals surface area contributed by atoms with E-state index in [0.717, 1.165) is 12.0 Å². The van der Waals surface area contributed by atoms with E-state index in [4.69, 9.17) is 4.74 Å². The Morgan fingerprint density at radius 3 is 2.77 bits per heavy atom. The average Bonchev–Trinajstić information content (AvgIpc) is 2.50. The predicted molar refractivity (Wildman–Crippen MR) is 86.1 cm³/mol. The second kappa shape index (κ2) is 6.81. The van der Waals surface area contributed by atoms with Gasteiger partial charge in [0, 0.05) is 6.04 Å². The summed E-state index contributed by atoms with van der Waals surface area (Å²) in [4.78, 5) is 26.3. The van der Waals surface area contributed by atoms with E-state index in [2.05, 4.69) is 5.32 Å². The van der Waals surface area contributed by atoms with Crippen molar-refractivity contribution in [3.8, 4) is 5.75 Å². The number of fused-ring (bicyclic) bond motifs is 1. The summed E-state index contributed by atoms with van der Waals surface area (Å²) < 4.78 is 5.74. The monoisotopic (exact) mass is 304 g/mol. The molecule has 5 heteroatoms. The quantitative estimate of drug-likeness (QED) is 0.909. The molecular weight excluding hydrogens is 280 g/mol. The highest BCUT2D eigenvalue weighted by atomic mass is 16.5. The number of amides is 2. The van der Waals surface area contributed by atoms with Crippen molar-refractivity contribution in [2.45, 2.75) is 52.7 Å². The van der Waals surface area contributed by atoms with Gasteiger partial charge in [-0.25, -0.2) is 0 Å². The molecule has 2 amide bonds. The van der Waals surface area contributed by atoms with Gasteiger partial charge in [0.1, 0.15) is 12.3 Å². The Bertz CT molecular complexity index is 571. The van der Waals surface area contributed by atoms with Crippen LogP contribution < -0.4 is 15.0 Å². The summed E-state index contributed by atoms with van der Waals surface area (Å²) in [5, 5.41) is 2.90. The van der Waals surface area contributed by atoms with Gasteiger partial charge in [-0.15, -0.1) is 0 Å². The molecule has 0 fully saturated rings. The number of hydrogen-bond donors (Lipinski definition) is 1. The summed E-state index contributed by atoms with van der Waals surface area (Å²) in [7, 11) is 0. The van der Waals surface area contributed by atoms with Crippen molar-refractivity contribution in [3.05, 3.63) is 23.8 Å². The van der Waals surface area contributed by atoms with E-state index in [-0.39, 0.29) is 24.4 Å². The third-order valence-corrected chi connectivity index (χ3v) is 3.91. The minimum atomic E-state index is -0.522. The molecule has 1 aliphatic heterocycles. The van der Waals surface area contributed by atoms with Crippen LogP contribution in [0, 0.1) is 6.92 Å². The maximum atomic E-state index is 12.5. The summed E-state index contributed by atoms with van der Waals surface area (Å²) in [6.07, 6.45) is 0.915. The number of carbonyl (C=O) groups excluding carboxylic acids is 2. The lowest BCUT2D eigenvalue weighted by molar-refractivity contribution is -0.129. The molecule has 0 unspecified atom stereocenters. The van der Waals surface area contributed by atoms with E-state index < -0.39 is 6.10 Å². The fourth-order valence-corrected chi connectivity index (χ4v) is 2.42. The van der Waals surface area contributed by atoms with Gasteiger partial charge in [0.15, 0.2) is 6.10 Å². The van der Waals surface area contributed by atoms with Gasteiger partial charge in [-0.3, -0.25) is 14.5 Å². The van der Waals surface area contributed by atoms with E-state index in [1.165, 1.54) is 4.90 Å². The third-order valence-electron chi connectivity index (χ3n) is 3.91. The number of nitrogens with one attached hydrogen (secondary N) is 1. The molecule has 0 bridgehead atoms. The number of rotatable bonds is 5. The first-order valence-corrected chi connectivity index (χ1v) is 7.84. The highest BCUT2D eigenvalue weighted by Gasteiger charge is 2.34. The Morgan fingerprint density at radius 1 is 1.41 bits per heavy atom. The van der Waals surface area contributed by atoms with Gasteiger partial charge in [-0.2, -0.15) is 0 Å². The molecular formula is C17H24N2O3. The van der Waals surface area contributed by atoms with Crippen LogP contribution in [0.15, 0.2) is 18.2 Å². The number of aryl methyl sites for hydroxylation is 1. The zero-order valence-electron chi connectivity index (χ0n) is 13.7. The fraction of sp³-hybridized carbons (Fsp3) is 0.529. The second-order valence-corrected chi connectivity index (χ2v) is 5.79. The number of nitrogens with zero attached hydrogens (tertiary/aromatic N) is 1. The summed E-state index contributed by atoms with van der Waals surface area (Å²) >= 11 is 0. The molecule has 0 saturated carbocycles. The van der Waals surface area contributed by atoms with Gasteiger partial charge in [0.25, 0.3) is 5.91 Å². The van der Waals surface area contributed by atoms with Crippen molar-refractivity contribution in [1.82, 2.24) is 5.32 Å². The van der Waals surface area contributed by atoms with E-state index in [0.29, 0.717) is 17.9 Å². The molecule has 1 N–H and O–H groups in total. The molecule has 0 aromatic heterocycles. The van der Waals surface area contributed by atoms with Gasteiger partial charge in [0.05, 0.1) is 5.69 Å². The smallest absolute Gasteiger partial charge is 0.268 e. The lowest BCUT2D eigenvalue weighted by Crippen LogP contribution is -2.50. The Kier molecular flexibility index (Phi) is 5.06. The van der Waals surface area contributed by atoms with Crippen molar-refractivity contribution in [1.29, 1.82) is 0 Å². The second-order valence-electron chi connectivity index (χ2n) is 5.79. The number of ether oxygens (including phenoxy) is 1. The van der Waals surface area contributed by atoms with Crippen LogP contribution >= 0.6 is 0 Å². The van der Waals surface area contributed by atoms with Gasteiger partial charge in [0.2, 0.25) is 5.91 Å². The highest BCUT2D eigenvalue weighted by molar-refractivity contribution is 6.03. The highest BCUT2D eigenvalue weighted by Crippen LogP contribution is 2.35. The molecule has 0 saturated heterocycles. The zero-order chi connectivity index (χ0) is 16.3. The van der Waals surface area contributed by atoms with Crippen molar-refractivity contribution in [3.63, 3.8) is 0 Å². The van der Waals surface area contributed by atoms with Gasteiger partial charge in [-0.05, 0) is 44.4 Å². The first-order valence-electron chi connectivity index (χ1n) is 7.84. The minimum absolute atomic E-state index is 0.0273. The van der Waals surface area contributed by atoms with Crippen LogP contribution in [0.2, 0.25) is 0 Å². The summed E-state index contributed by atoms with van der Waals surface area (Å²) in [5.74, 6) is 0.361. The van der Waals surface area contributed by atoms with Crippen LogP contribution in [0.3, 0.4) is 0 Å². The van der Waals surface area contributed by atoms with Crippen LogP contribution in [0.4, 0.5) is 5.69 Å². The molecule has 1 aromatic rings. The Labute approximate surface area is 131 Å². The molecule has 0 radical (unpaired) electrons. The van der Waals surface area contributed by atoms with Crippen LogP contribution in [0.5, 0.6) is 5.75 Å². The number of hydrogen-bond acceptors (Lipinski definition) is 3. The van der Waals surface area contributed by atoms with E-state index in [1.54, 1.807) is 0 Å². The molecule has 120 valence electrons. The summed E-state index contributed by atoms with van der Waals surface area (Å²) in [6, 6.07) is 5.79. The summed E-state index contributed by atoms with van der Waals surface area (Å²) in [6.45, 7) is 7.84. The van der Waals surface area contributed by atoms with E-state index in [1.807, 2.05) is 45.9 Å². The van der Waals surface area contributed by atoms with Crippen LogP contribution in [-0.2, 0) is 9.59 Å². The lowest BCUT2D eigenvalue weighted by atomic mass is 10.1. The first kappa shape index (κ1) is 16.3. The molecule has 5 nitrogen and oxygen atoms in total. The standard InChI is InChI=1S/C17H24N2O3/c1-5-12(4)18-16(20)10-19-13-9-11(3)7-8-15(13)22-14(6-2)17(19)21/h7-9,12,14H,5-6,10H2,1-4H3,(H,18,20)/t12-,14+/m1/s1. The van der Waals surface area contributed by atoms with Crippen LogP contribution in [-0.4, -0.2) is 30.5 Å². The summed E-state index contributed by atoms with van der Waals surface area (Å²) in [5.41, 5.74) is 1.70. The zero-order valence-corrected chi connectivity index (χ0v) is 13.7. The maximum Gasteiger partial charge on any atom is 0.268 e. The maximum absolute atomic E-state index is 12.5. The van der Waals surface area contributed by atoms with E-state index in [9.17, 15) is 9.59 Å². The van der Waals surface area contributed by atoms with E-state index >= 15 is 0 Å². The topological polar surface area (TPSA) is 58.6 Å². The Hall–Kier alpha value is -2.04. The number of benzene rings is 1. The van der Waals surface area contributed by atoms with Crippen molar-refractivity contribution >= 4 is 17.5 Å². The average molecular weight is 304 g/mol. The van der Waals surface area contributed by atoms with Crippen molar-refractivity contribution in [2.24, 2.45) is 0 Å². The first-order chi connectivity index (χ1) is 10.5. The van der Waals surface area contributed by atoms with Crippen LogP contribution in [0.1, 0.15) is 39.2 Å². The normalized spacial score (nSPS) is 18.5. The molecule has 1 aromatic carbocycles.